The zero-order chi connectivity index (χ0) is 80.7. The number of pyridine rings is 1. The van der Waals surface area contributed by atoms with Crippen LogP contribution in [0.5, 0.6) is 46.0 Å². The van der Waals surface area contributed by atoms with Crippen LogP contribution in [0.4, 0.5) is 0 Å². The number of hydrogen-bond donors (Lipinski definition) is 0. The second kappa shape index (κ2) is 43.2. The van der Waals surface area contributed by atoms with Gasteiger partial charge in [-0.05, 0) is 145 Å². The van der Waals surface area contributed by atoms with E-state index in [0.29, 0.717) is 46.0 Å². The van der Waals surface area contributed by atoms with Gasteiger partial charge in [-0.1, -0.05) is 338 Å². The van der Waals surface area contributed by atoms with Crippen molar-refractivity contribution in [1.29, 1.82) is 0 Å². The number of hydrogen-bond acceptors (Lipinski definition) is 12. The average molecular weight is 1690 g/mol. The quantitative estimate of drug-likeness (QED) is 0.0269. The van der Waals surface area contributed by atoms with E-state index in [0.717, 1.165) is 154 Å². The van der Waals surface area contributed by atoms with Crippen LogP contribution < -0.4 is 52.5 Å². The molecule has 0 saturated carbocycles. The van der Waals surface area contributed by atoms with Crippen molar-refractivity contribution in [1.82, 2.24) is 4.98 Å². The molecule has 1 aromatic heterocycles. The molecule has 6 unspecified atom stereocenters. The molecule has 0 radical (unpaired) electrons. The lowest BCUT2D eigenvalue weighted by Crippen LogP contribution is -2.24. The van der Waals surface area contributed by atoms with Gasteiger partial charge in [0.2, 0.25) is 0 Å². The molecule has 622 valence electrons. The first-order chi connectivity index (χ1) is 57.5. The van der Waals surface area contributed by atoms with E-state index in [1.165, 1.54) is 180 Å². The largest absolute Gasteiger partial charge is 0.450 e. The van der Waals surface area contributed by atoms with Crippen molar-refractivity contribution in [3.05, 3.63) is 238 Å². The Morgan fingerprint density at radius 1 is 0.248 bits per heavy atom. The molecular formula is C102H128NO8P3S3. The van der Waals surface area contributed by atoms with Gasteiger partial charge >= 0.3 is 19.5 Å². The summed E-state index contributed by atoms with van der Waals surface area (Å²) in [5, 5.41) is 2.39. The summed E-state index contributed by atoms with van der Waals surface area (Å²) in [7, 11) is 0. The highest BCUT2D eigenvalue weighted by Gasteiger charge is 2.44. The Balaban J connectivity index is 1.06. The third kappa shape index (κ3) is 22.0. The van der Waals surface area contributed by atoms with Gasteiger partial charge in [-0.15, -0.1) is 0 Å². The summed E-state index contributed by atoms with van der Waals surface area (Å²) in [6.07, 6.45) is 49.5. The van der Waals surface area contributed by atoms with Crippen LogP contribution >= 0.6 is 19.5 Å². The molecule has 8 aromatic carbocycles. The first kappa shape index (κ1) is 86.6. The monoisotopic (exact) mass is 1680 g/mol. The van der Waals surface area contributed by atoms with Crippen molar-refractivity contribution in [2.24, 2.45) is 0 Å². The maximum absolute atomic E-state index is 7.87. The summed E-state index contributed by atoms with van der Waals surface area (Å²) >= 11 is 21.5. The molecule has 0 saturated heterocycles. The lowest BCUT2D eigenvalue weighted by molar-refractivity contribution is -0.000539. The molecule has 15 heteroatoms. The van der Waals surface area contributed by atoms with Gasteiger partial charge in [0.25, 0.3) is 6.29 Å². The summed E-state index contributed by atoms with van der Waals surface area (Å²) in [6.45, 7) is -1.48. The summed E-state index contributed by atoms with van der Waals surface area (Å²) in [5.74, 6) is 4.46. The van der Waals surface area contributed by atoms with E-state index in [-0.39, 0.29) is 23.7 Å². The normalized spacial score (nSPS) is 20.5. The van der Waals surface area contributed by atoms with E-state index in [1.807, 2.05) is 67.0 Å². The van der Waals surface area contributed by atoms with Gasteiger partial charge in [-0.3, -0.25) is 4.98 Å². The second-order valence-corrected chi connectivity index (χ2v) is 43.8. The number of benzene rings is 8. The number of rotatable bonds is 45. The molecular weight excluding hydrogens is 1560 g/mol. The fourth-order valence-corrected chi connectivity index (χ4v) is 25.9. The van der Waals surface area contributed by atoms with Crippen molar-refractivity contribution < 1.29 is 36.6 Å². The Morgan fingerprint density at radius 3 is 0.726 bits per heavy atom. The van der Waals surface area contributed by atoms with Crippen LogP contribution in [0.3, 0.4) is 0 Å². The first-order valence-electron chi connectivity index (χ1n) is 45.7. The van der Waals surface area contributed by atoms with Crippen LogP contribution in [0.2, 0.25) is 0 Å². The minimum absolute atomic E-state index is 0.220. The third-order valence-electron chi connectivity index (χ3n) is 25.2. The van der Waals surface area contributed by atoms with Crippen molar-refractivity contribution in [3.63, 3.8) is 0 Å². The summed E-state index contributed by atoms with van der Waals surface area (Å²) in [6, 6.07) is 62.4. The van der Waals surface area contributed by atoms with E-state index in [1.54, 1.807) is 0 Å². The van der Waals surface area contributed by atoms with E-state index in [2.05, 4.69) is 154 Å². The SMILES string of the molecule is CCCCCCCCCCCC1c2cc3c4cc2OC(c2ccc(-c5ccncc5)cc2)Oc2cc5c(cc21)[C@H](CCCCCCCCCCC)c1cc2c(cc1OP(=S)(c1ccccc1)O5)OP(=S)(c1ccccc1)Oc1cc(c(cc1C2CCCCCCCCCCC)[C@@H]3CCCCCCCCCCC)OP(=S)(c1ccccc1)O4. The van der Waals surface area contributed by atoms with E-state index < -0.39 is 25.8 Å². The molecule has 0 N–H and O–H groups in total. The molecule has 8 atom stereocenters. The maximum Gasteiger partial charge on any atom is 0.319 e. The van der Waals surface area contributed by atoms with Crippen molar-refractivity contribution in [3.8, 4) is 57.1 Å². The fraction of sp³-hybridized carbons (Fsp3) is 0.480. The van der Waals surface area contributed by atoms with Crippen LogP contribution in [0.25, 0.3) is 11.1 Å². The fourth-order valence-electron chi connectivity index (χ4n) is 18.5. The highest BCUT2D eigenvalue weighted by Crippen LogP contribution is 2.65. The number of ether oxygens (including phenoxy) is 2. The van der Waals surface area contributed by atoms with Gasteiger partial charge in [0.05, 0.1) is 15.9 Å². The third-order valence-corrected chi connectivity index (χ3v) is 33.8. The smallest absolute Gasteiger partial charge is 0.319 e. The first-order valence-corrected chi connectivity index (χ1v) is 53.6. The minimum Gasteiger partial charge on any atom is -0.450 e. The molecule has 9 nitrogen and oxygen atoms in total. The predicted octanol–water partition coefficient (Wildman–Crippen LogP) is 31.0. The summed E-state index contributed by atoms with van der Waals surface area (Å²) in [5.41, 5.74) is 11.7. The zero-order valence-corrected chi connectivity index (χ0v) is 75.5. The molecule has 5 aliphatic rings. The van der Waals surface area contributed by atoms with Gasteiger partial charge in [-0.25, -0.2) is 0 Å². The van der Waals surface area contributed by atoms with Gasteiger partial charge in [-0.2, -0.15) is 0 Å². The highest BCUT2D eigenvalue weighted by atomic mass is 32.5. The molecule has 117 heavy (non-hydrogen) atoms. The Hall–Kier alpha value is -6.74. The lowest BCUT2D eigenvalue weighted by Gasteiger charge is -2.39. The molecule has 1 aliphatic carbocycles. The van der Waals surface area contributed by atoms with Crippen LogP contribution in [-0.2, 0) is 35.4 Å². The van der Waals surface area contributed by atoms with Crippen molar-refractivity contribution in [2.45, 2.75) is 314 Å². The Bertz CT molecular complexity index is 4580. The zero-order valence-electron chi connectivity index (χ0n) is 70.3. The number of nitrogens with zero attached hydrogens (tertiary/aromatic N) is 1. The van der Waals surface area contributed by atoms with Gasteiger partial charge in [0.15, 0.2) is 0 Å². The lowest BCUT2D eigenvalue weighted by atomic mass is 9.76. The molecule has 0 amide bonds. The topological polar surface area (TPSA) is 86.7 Å². The van der Waals surface area contributed by atoms with Crippen LogP contribution in [0.1, 0.15) is 365 Å². The van der Waals surface area contributed by atoms with Gasteiger partial charge in [0.1, 0.15) is 46.0 Å². The Kier molecular flexibility index (Phi) is 32.0. The maximum atomic E-state index is 7.87. The number of unbranched alkanes of at least 4 members (excludes halogenated alkanes) is 32. The summed E-state index contributed by atoms with van der Waals surface area (Å²) < 4.78 is 62.8. The summed E-state index contributed by atoms with van der Waals surface area (Å²) in [4.78, 5) is 4.38. The molecule has 14 rings (SSSR count). The Morgan fingerprint density at radius 2 is 0.470 bits per heavy atom. The highest BCUT2D eigenvalue weighted by molar-refractivity contribution is 8.14. The van der Waals surface area contributed by atoms with Crippen molar-refractivity contribution in [2.75, 3.05) is 0 Å². The van der Waals surface area contributed by atoms with Gasteiger partial charge < -0.3 is 36.6 Å². The average Bonchev–Trinajstić information content (AvgIpc) is 0.721. The Labute approximate surface area is 717 Å². The molecule has 9 aromatic rings. The van der Waals surface area contributed by atoms with Crippen LogP contribution in [0.15, 0.2) is 188 Å². The van der Waals surface area contributed by atoms with Gasteiger partial charge in [0, 0.05) is 110 Å². The van der Waals surface area contributed by atoms with E-state index in [9.17, 15) is 0 Å². The second-order valence-electron chi connectivity index (χ2n) is 33.9. The number of aromatic nitrogens is 1. The van der Waals surface area contributed by atoms with E-state index >= 15 is 0 Å². The predicted molar refractivity (Wildman–Crippen MR) is 499 cm³/mol. The van der Waals surface area contributed by atoms with E-state index in [4.69, 9.17) is 72.0 Å². The molecule has 8 bridgehead atoms. The minimum atomic E-state index is -3.57. The molecule has 5 heterocycles. The molecule has 4 aliphatic heterocycles. The molecule has 0 fully saturated rings. The van der Waals surface area contributed by atoms with Crippen LogP contribution in [-0.4, -0.2) is 4.98 Å². The van der Waals surface area contributed by atoms with Crippen LogP contribution in [0, 0.1) is 0 Å². The van der Waals surface area contributed by atoms with Crippen molar-refractivity contribution >= 4 is 70.8 Å². The molecule has 0 spiro atoms. The standard InChI is InChI=1S/C102H128NO8P3S3/c1-5-9-13-17-21-25-29-33-46-56-82-86-68-88-83(57-47-34-30-26-22-18-14-10-6-2)90-70-92-85(59-49-36-32-28-24-20-16-12-8-4)93-71-91-84(58-48-35-31-27-23-19-15-11-7-3)89-69-87(82)95-73-97(89)107-113(116,80-52-42-38-43-53-80)109-99(91)75-101(93)111-114(117,81-54-44-39-45-55-81)110-100(92)74-98(90)108-112(115,79-50-40-37-41-51-79)106-96(88)72-94(86)104-102(105-95)78-62-60-76(61-63-78)77-64-66-103-67-65-77/h37-45,50-55,60-75,82-85,102H,5-36,46-49,56-59H2,1-4H3/t82?,83-,84+,85?,102?,112?,113?,114?.